The fraction of sp³-hybridized carbons (Fsp3) is 1.00. The van der Waals surface area contributed by atoms with Gasteiger partial charge in [0.05, 0.1) is 0 Å². The van der Waals surface area contributed by atoms with Gasteiger partial charge in [-0.1, -0.05) is 25.7 Å². The molecule has 0 radical (unpaired) electrons. The van der Waals surface area contributed by atoms with Crippen LogP contribution in [0.15, 0.2) is 0 Å². The average molecular weight is 276 g/mol. The molecular weight excluding hydrogens is 244 g/mol. The van der Waals surface area contributed by atoms with Crippen molar-refractivity contribution in [3.8, 4) is 0 Å². The van der Waals surface area contributed by atoms with Gasteiger partial charge in [0.25, 0.3) is 0 Å². The SMILES string of the molecule is C1CCC2NC(CN3CCCC3C3CCCC3)CC2C1. The third-order valence-corrected chi connectivity index (χ3v) is 6.76. The number of hydrogen-bond donors (Lipinski definition) is 1. The van der Waals surface area contributed by atoms with E-state index in [1.165, 1.54) is 83.7 Å². The summed E-state index contributed by atoms with van der Waals surface area (Å²) in [5.41, 5.74) is 0. The van der Waals surface area contributed by atoms with E-state index in [0.29, 0.717) is 0 Å². The first kappa shape index (κ1) is 13.6. The highest BCUT2D eigenvalue weighted by Gasteiger charge is 2.39. The van der Waals surface area contributed by atoms with Crippen LogP contribution >= 0.6 is 0 Å². The molecule has 0 aromatic rings. The van der Waals surface area contributed by atoms with Crippen molar-refractivity contribution in [3.05, 3.63) is 0 Å². The quantitative estimate of drug-likeness (QED) is 0.848. The first-order valence-electron chi connectivity index (χ1n) is 9.40. The third-order valence-electron chi connectivity index (χ3n) is 6.76. The van der Waals surface area contributed by atoms with Crippen LogP contribution in [0.5, 0.6) is 0 Å². The lowest BCUT2D eigenvalue weighted by Gasteiger charge is -2.31. The summed E-state index contributed by atoms with van der Waals surface area (Å²) in [6.45, 7) is 2.74. The number of nitrogens with zero attached hydrogens (tertiary/aromatic N) is 1. The van der Waals surface area contributed by atoms with E-state index in [4.69, 9.17) is 0 Å². The van der Waals surface area contributed by atoms with Crippen LogP contribution in [0.3, 0.4) is 0 Å². The third kappa shape index (κ3) is 2.66. The Bertz CT molecular complexity index is 309. The predicted molar refractivity (Wildman–Crippen MR) is 83.8 cm³/mol. The van der Waals surface area contributed by atoms with E-state index >= 15 is 0 Å². The zero-order valence-corrected chi connectivity index (χ0v) is 13.0. The fourth-order valence-electron chi connectivity index (χ4n) is 5.81. The summed E-state index contributed by atoms with van der Waals surface area (Å²) in [7, 11) is 0. The minimum Gasteiger partial charge on any atom is -0.310 e. The molecule has 4 fully saturated rings. The van der Waals surface area contributed by atoms with E-state index in [1.54, 1.807) is 0 Å². The zero-order chi connectivity index (χ0) is 13.4. The van der Waals surface area contributed by atoms with Gasteiger partial charge < -0.3 is 5.32 Å². The van der Waals surface area contributed by atoms with E-state index in [2.05, 4.69) is 10.2 Å². The molecule has 2 nitrogen and oxygen atoms in total. The number of nitrogens with one attached hydrogen (secondary N) is 1. The number of likely N-dealkylation sites (tertiary alicyclic amines) is 1. The van der Waals surface area contributed by atoms with Crippen LogP contribution < -0.4 is 5.32 Å². The van der Waals surface area contributed by atoms with Crippen LogP contribution in [-0.4, -0.2) is 36.1 Å². The maximum Gasteiger partial charge on any atom is 0.0201 e. The summed E-state index contributed by atoms with van der Waals surface area (Å²) >= 11 is 0. The largest absolute Gasteiger partial charge is 0.310 e. The molecule has 2 aliphatic heterocycles. The lowest BCUT2D eigenvalue weighted by molar-refractivity contribution is 0.175. The van der Waals surface area contributed by atoms with Crippen LogP contribution in [0, 0.1) is 11.8 Å². The second-order valence-electron chi connectivity index (χ2n) is 8.00. The molecule has 114 valence electrons. The van der Waals surface area contributed by atoms with Gasteiger partial charge in [-0.2, -0.15) is 0 Å². The number of hydrogen-bond acceptors (Lipinski definition) is 2. The lowest BCUT2D eigenvalue weighted by Crippen LogP contribution is -2.44. The van der Waals surface area contributed by atoms with E-state index < -0.39 is 0 Å². The Morgan fingerprint density at radius 1 is 0.800 bits per heavy atom. The first-order chi connectivity index (χ1) is 9.90. The number of rotatable bonds is 3. The van der Waals surface area contributed by atoms with Gasteiger partial charge in [0.2, 0.25) is 0 Å². The van der Waals surface area contributed by atoms with Crippen molar-refractivity contribution in [2.45, 2.75) is 88.8 Å². The van der Waals surface area contributed by atoms with Crippen molar-refractivity contribution in [1.29, 1.82) is 0 Å². The van der Waals surface area contributed by atoms with Crippen molar-refractivity contribution in [2.75, 3.05) is 13.1 Å². The molecule has 2 saturated carbocycles. The highest BCUT2D eigenvalue weighted by molar-refractivity contribution is 4.96. The molecule has 20 heavy (non-hydrogen) atoms. The Hall–Kier alpha value is -0.0800. The molecule has 0 bridgehead atoms. The maximum absolute atomic E-state index is 3.99. The summed E-state index contributed by atoms with van der Waals surface area (Å²) in [5, 5.41) is 3.99. The smallest absolute Gasteiger partial charge is 0.0201 e. The molecule has 1 N–H and O–H groups in total. The molecule has 2 heterocycles. The minimum atomic E-state index is 0.810. The molecule has 0 aromatic heterocycles. The van der Waals surface area contributed by atoms with Gasteiger partial charge in [0.1, 0.15) is 0 Å². The second-order valence-corrected chi connectivity index (χ2v) is 8.00. The molecule has 4 aliphatic rings. The molecule has 4 unspecified atom stereocenters. The van der Waals surface area contributed by atoms with Crippen LogP contribution in [0.4, 0.5) is 0 Å². The predicted octanol–water partition coefficient (Wildman–Crippen LogP) is 3.56. The summed E-state index contributed by atoms with van der Waals surface area (Å²) < 4.78 is 0. The van der Waals surface area contributed by atoms with Gasteiger partial charge in [-0.05, 0) is 63.3 Å². The standard InChI is InChI=1S/C18H32N2/c1-2-7-14(6-1)18-10-5-11-20(18)13-16-12-15-8-3-4-9-17(15)19-16/h14-19H,1-13H2. The van der Waals surface area contributed by atoms with Crippen LogP contribution in [0.25, 0.3) is 0 Å². The van der Waals surface area contributed by atoms with Gasteiger partial charge in [-0.3, -0.25) is 4.90 Å². The lowest BCUT2D eigenvalue weighted by atomic mass is 9.85. The zero-order valence-electron chi connectivity index (χ0n) is 13.0. The van der Waals surface area contributed by atoms with Gasteiger partial charge in [-0.15, -0.1) is 0 Å². The first-order valence-corrected chi connectivity index (χ1v) is 9.40. The summed E-state index contributed by atoms with van der Waals surface area (Å²) in [4.78, 5) is 2.88. The van der Waals surface area contributed by atoms with Gasteiger partial charge >= 0.3 is 0 Å². The highest BCUT2D eigenvalue weighted by Crippen LogP contribution is 2.37. The Kier molecular flexibility index (Phi) is 4.05. The molecule has 0 aromatic carbocycles. The normalized spacial score (nSPS) is 43.2. The maximum atomic E-state index is 3.99. The van der Waals surface area contributed by atoms with E-state index in [-0.39, 0.29) is 0 Å². The topological polar surface area (TPSA) is 15.3 Å². The van der Waals surface area contributed by atoms with Crippen LogP contribution in [0.1, 0.15) is 70.6 Å². The number of fused-ring (bicyclic) bond motifs is 1. The molecule has 4 atom stereocenters. The summed E-state index contributed by atoms with van der Waals surface area (Å²) in [6.07, 6.45) is 16.4. The van der Waals surface area contributed by atoms with Gasteiger partial charge in [-0.25, -0.2) is 0 Å². The minimum absolute atomic E-state index is 0.810. The van der Waals surface area contributed by atoms with Crippen molar-refractivity contribution < 1.29 is 0 Å². The summed E-state index contributed by atoms with van der Waals surface area (Å²) in [5.74, 6) is 2.06. The van der Waals surface area contributed by atoms with Gasteiger partial charge in [0, 0.05) is 24.7 Å². The Labute approximate surface area is 124 Å². The molecular formula is C18H32N2. The summed E-state index contributed by atoms with van der Waals surface area (Å²) in [6, 6.07) is 2.63. The van der Waals surface area contributed by atoms with E-state index in [1.807, 2.05) is 0 Å². The van der Waals surface area contributed by atoms with E-state index in [0.717, 1.165) is 30.0 Å². The van der Waals surface area contributed by atoms with Crippen molar-refractivity contribution in [2.24, 2.45) is 11.8 Å². The van der Waals surface area contributed by atoms with Crippen molar-refractivity contribution in [3.63, 3.8) is 0 Å². The van der Waals surface area contributed by atoms with Gasteiger partial charge in [0.15, 0.2) is 0 Å². The Morgan fingerprint density at radius 2 is 1.55 bits per heavy atom. The van der Waals surface area contributed by atoms with Crippen LogP contribution in [0.2, 0.25) is 0 Å². The van der Waals surface area contributed by atoms with Crippen LogP contribution in [-0.2, 0) is 0 Å². The molecule has 0 spiro atoms. The van der Waals surface area contributed by atoms with Crippen molar-refractivity contribution in [1.82, 2.24) is 10.2 Å². The Balaban J connectivity index is 1.34. The highest BCUT2D eigenvalue weighted by atomic mass is 15.2. The molecule has 2 heteroatoms. The van der Waals surface area contributed by atoms with Crippen molar-refractivity contribution >= 4 is 0 Å². The molecule has 0 amide bonds. The molecule has 2 saturated heterocycles. The van der Waals surface area contributed by atoms with E-state index in [9.17, 15) is 0 Å². The average Bonchev–Trinajstić information content (AvgIpc) is 3.18. The second kappa shape index (κ2) is 5.96. The Morgan fingerprint density at radius 3 is 2.35 bits per heavy atom. The monoisotopic (exact) mass is 276 g/mol. The molecule has 4 rings (SSSR count). The molecule has 2 aliphatic carbocycles. The fourth-order valence-corrected chi connectivity index (χ4v) is 5.81.